The van der Waals surface area contributed by atoms with Crippen LogP contribution in [0.5, 0.6) is 0 Å². The Morgan fingerprint density at radius 2 is 2.04 bits per heavy atom. The molecule has 5 nitrogen and oxygen atoms in total. The number of nitrogens with zero attached hydrogens (tertiary/aromatic N) is 3. The molecule has 0 bridgehead atoms. The molecule has 0 saturated carbocycles. The van der Waals surface area contributed by atoms with Gasteiger partial charge in [0.25, 0.3) is 0 Å². The lowest BCUT2D eigenvalue weighted by Gasteiger charge is -2.12. The number of aliphatic imine (C=N–C) groups is 1. The van der Waals surface area contributed by atoms with Crippen LogP contribution >= 0.6 is 11.8 Å². The summed E-state index contributed by atoms with van der Waals surface area (Å²) < 4.78 is 7.08. The van der Waals surface area contributed by atoms with E-state index in [-0.39, 0.29) is 12.7 Å². The van der Waals surface area contributed by atoms with E-state index in [0.29, 0.717) is 5.92 Å². The van der Waals surface area contributed by atoms with Gasteiger partial charge in [0.1, 0.15) is 26.9 Å². The van der Waals surface area contributed by atoms with Crippen molar-refractivity contribution < 1.29 is 14.1 Å². The Kier molecular flexibility index (Phi) is 8.40. The molecule has 1 atom stereocenters. The molecule has 0 aliphatic heterocycles. The summed E-state index contributed by atoms with van der Waals surface area (Å²) in [6.07, 6.45) is -0.333. The number of hydrogen-bond acceptors (Lipinski definition) is 4. The lowest BCUT2D eigenvalue weighted by atomic mass is 10.2. The van der Waals surface area contributed by atoms with Crippen molar-refractivity contribution in [3.05, 3.63) is 29.8 Å². The predicted molar refractivity (Wildman–Crippen MR) is 97.1 cm³/mol. The lowest BCUT2D eigenvalue weighted by Crippen LogP contribution is -2.22. The molecule has 0 aliphatic rings. The highest BCUT2D eigenvalue weighted by molar-refractivity contribution is 7.99. The van der Waals surface area contributed by atoms with Crippen LogP contribution in [0, 0.1) is 5.92 Å². The number of benzene rings is 1. The van der Waals surface area contributed by atoms with Gasteiger partial charge in [-0.25, -0.2) is 9.37 Å². The van der Waals surface area contributed by atoms with Gasteiger partial charge < -0.3 is 14.6 Å². The van der Waals surface area contributed by atoms with E-state index in [1.165, 1.54) is 9.80 Å². The van der Waals surface area contributed by atoms with E-state index in [9.17, 15) is 4.79 Å². The summed E-state index contributed by atoms with van der Waals surface area (Å²) in [7, 11) is 5.30. The maximum atomic E-state index is 11.4. The topological polar surface area (TPSA) is 44.9 Å². The molecule has 1 aromatic rings. The van der Waals surface area contributed by atoms with Crippen molar-refractivity contribution in [3.8, 4) is 0 Å². The number of ether oxygens (including phenoxy) is 1. The van der Waals surface area contributed by atoms with E-state index in [1.807, 2.05) is 23.8 Å². The van der Waals surface area contributed by atoms with Gasteiger partial charge >= 0.3 is 6.09 Å². The summed E-state index contributed by atoms with van der Waals surface area (Å²) >= 11 is 1.79. The highest BCUT2D eigenvalue weighted by atomic mass is 32.2. The van der Waals surface area contributed by atoms with Gasteiger partial charge in [-0.3, -0.25) is 0 Å². The van der Waals surface area contributed by atoms with Gasteiger partial charge in [-0.05, 0) is 24.4 Å². The first-order valence-corrected chi connectivity index (χ1v) is 8.41. The van der Waals surface area contributed by atoms with E-state index in [4.69, 9.17) is 4.74 Å². The average molecular weight is 336 g/mol. The molecule has 0 fully saturated rings. The van der Waals surface area contributed by atoms with Gasteiger partial charge in [-0.2, -0.15) is 0 Å². The second kappa shape index (κ2) is 10.0. The molecule has 0 spiro atoms. The molecule has 23 heavy (non-hydrogen) atoms. The van der Waals surface area contributed by atoms with Crippen molar-refractivity contribution in [2.75, 3.05) is 40.0 Å². The van der Waals surface area contributed by atoms with Crippen LogP contribution in [0.4, 0.5) is 4.79 Å². The molecule has 6 heteroatoms. The Morgan fingerprint density at radius 3 is 2.57 bits per heavy atom. The summed E-state index contributed by atoms with van der Waals surface area (Å²) in [6.45, 7) is 9.39. The number of thioether (sulfide) groups is 1. The Morgan fingerprint density at radius 1 is 1.39 bits per heavy atom. The third kappa shape index (κ3) is 7.83. The average Bonchev–Trinajstić information content (AvgIpc) is 2.51. The van der Waals surface area contributed by atoms with Crippen LogP contribution in [0.25, 0.3) is 0 Å². The minimum Gasteiger partial charge on any atom is -0.445 e. The van der Waals surface area contributed by atoms with Gasteiger partial charge in [0.15, 0.2) is 0 Å². The molecule has 0 heterocycles. The van der Waals surface area contributed by atoms with E-state index in [1.54, 1.807) is 25.9 Å². The van der Waals surface area contributed by atoms with Crippen molar-refractivity contribution in [3.63, 3.8) is 0 Å². The van der Waals surface area contributed by atoms with Gasteiger partial charge in [0.05, 0.1) is 0 Å². The summed E-state index contributed by atoms with van der Waals surface area (Å²) in [5.74, 6) is 1.40. The number of carbonyl (C=O) groups excluding carboxylic acids is 1. The fourth-order valence-electron chi connectivity index (χ4n) is 1.96. The molecular formula is C17H26N3O2S+. The van der Waals surface area contributed by atoms with Crippen LogP contribution in [0.1, 0.15) is 5.56 Å². The summed E-state index contributed by atoms with van der Waals surface area (Å²) in [5, 5.41) is 0. The molecule has 0 N–H and O–H groups in total. The zero-order valence-electron chi connectivity index (χ0n) is 14.2. The molecule has 0 saturated heterocycles. The van der Waals surface area contributed by atoms with Crippen LogP contribution in [0.2, 0.25) is 0 Å². The van der Waals surface area contributed by atoms with Crippen molar-refractivity contribution in [2.24, 2.45) is 10.9 Å². The van der Waals surface area contributed by atoms with Gasteiger partial charge in [-0.15, -0.1) is 11.8 Å². The minimum absolute atomic E-state index is 0.289. The normalized spacial score (nSPS) is 11.6. The molecule has 0 aliphatic carbocycles. The molecule has 1 aromatic carbocycles. The third-order valence-electron chi connectivity index (χ3n) is 3.09. The van der Waals surface area contributed by atoms with Crippen molar-refractivity contribution in [2.45, 2.75) is 11.5 Å². The van der Waals surface area contributed by atoms with Crippen molar-refractivity contribution >= 4 is 31.3 Å². The first-order chi connectivity index (χ1) is 10.9. The number of carbonyl (C=O) groups is 1. The maximum Gasteiger partial charge on any atom is 0.409 e. The zero-order valence-corrected chi connectivity index (χ0v) is 15.0. The lowest BCUT2D eigenvalue weighted by molar-refractivity contribution is -0.494. The van der Waals surface area contributed by atoms with Crippen LogP contribution in [-0.4, -0.2) is 69.0 Å². The van der Waals surface area contributed by atoms with E-state index in [2.05, 4.69) is 30.6 Å². The minimum atomic E-state index is -0.333. The van der Waals surface area contributed by atoms with Crippen LogP contribution in [0.3, 0.4) is 0 Å². The van der Waals surface area contributed by atoms with E-state index in [0.717, 1.165) is 24.4 Å². The van der Waals surface area contributed by atoms with Gasteiger partial charge in [0.2, 0.25) is 0 Å². The Bertz CT molecular complexity index is 529. The second-order valence-corrected chi connectivity index (χ2v) is 6.81. The Labute approximate surface area is 143 Å². The van der Waals surface area contributed by atoms with Gasteiger partial charge in [0, 0.05) is 37.2 Å². The molecular weight excluding hydrogens is 310 g/mol. The van der Waals surface area contributed by atoms with Crippen LogP contribution < -0.4 is 0 Å². The number of amides is 1. The monoisotopic (exact) mass is 336 g/mol. The SMILES string of the molecule is C=NCC(CSc1ccc(COC(=O)N(C)C)cc1)C[N+](=C)C. The van der Waals surface area contributed by atoms with Gasteiger partial charge in [-0.1, -0.05) is 12.1 Å². The first kappa shape index (κ1) is 19.2. The summed E-state index contributed by atoms with van der Waals surface area (Å²) in [5.41, 5.74) is 0.978. The Balaban J connectivity index is 2.48. The van der Waals surface area contributed by atoms with E-state index < -0.39 is 0 Å². The van der Waals surface area contributed by atoms with E-state index >= 15 is 0 Å². The largest absolute Gasteiger partial charge is 0.445 e. The summed E-state index contributed by atoms with van der Waals surface area (Å²) in [4.78, 5) is 18.0. The number of rotatable bonds is 9. The van der Waals surface area contributed by atoms with Crippen LogP contribution in [0.15, 0.2) is 34.2 Å². The molecule has 0 radical (unpaired) electrons. The number of hydrogen-bond donors (Lipinski definition) is 0. The quantitative estimate of drug-likeness (QED) is 0.396. The molecule has 126 valence electrons. The predicted octanol–water partition coefficient (Wildman–Crippen LogP) is 2.64. The highest BCUT2D eigenvalue weighted by Crippen LogP contribution is 2.22. The maximum absolute atomic E-state index is 11.4. The van der Waals surface area contributed by atoms with Crippen molar-refractivity contribution in [1.29, 1.82) is 0 Å². The highest BCUT2D eigenvalue weighted by Gasteiger charge is 2.13. The first-order valence-electron chi connectivity index (χ1n) is 7.42. The molecule has 0 aromatic heterocycles. The molecule has 1 rings (SSSR count). The smallest absolute Gasteiger partial charge is 0.409 e. The standard InChI is InChI=1S/C17H26N3O2S/c1-18-10-15(11-19(2)3)13-23-16-8-6-14(7-9-16)12-22-17(21)20(4)5/h6-9,15H,1-2,10-13H2,3-5H3/q+1. The molecule has 1 amide bonds. The Hall–Kier alpha value is -1.82. The molecule has 1 unspecified atom stereocenters. The second-order valence-electron chi connectivity index (χ2n) is 5.71. The van der Waals surface area contributed by atoms with Crippen LogP contribution in [-0.2, 0) is 11.3 Å². The fraction of sp³-hybridized carbons (Fsp3) is 0.471. The third-order valence-corrected chi connectivity index (χ3v) is 4.34. The van der Waals surface area contributed by atoms with Crippen molar-refractivity contribution in [1.82, 2.24) is 4.90 Å². The fourth-order valence-corrected chi connectivity index (χ4v) is 2.92. The summed E-state index contributed by atoms with van der Waals surface area (Å²) in [6, 6.07) is 8.07. The zero-order chi connectivity index (χ0) is 17.2.